The maximum Gasteiger partial charge on any atom is 0.183 e. The molecule has 10 heavy (non-hydrogen) atoms. The lowest BCUT2D eigenvalue weighted by molar-refractivity contribution is 0.586. The van der Waals surface area contributed by atoms with Gasteiger partial charge in [0.05, 0.1) is 5.32 Å². The van der Waals surface area contributed by atoms with Crippen molar-refractivity contribution in [2.75, 3.05) is 13.1 Å². The van der Waals surface area contributed by atoms with Gasteiger partial charge in [0.1, 0.15) is 0 Å². The largest absolute Gasteiger partial charge is 0.183 e. The van der Waals surface area contributed by atoms with Crippen molar-refractivity contribution < 1.29 is 0 Å². The van der Waals surface area contributed by atoms with Gasteiger partial charge in [0.15, 0.2) is 13.1 Å². The first kappa shape index (κ1) is 9.96. The number of hydrogen-bond acceptors (Lipinski definition) is 0. The highest BCUT2D eigenvalue weighted by molar-refractivity contribution is 4.45. The summed E-state index contributed by atoms with van der Waals surface area (Å²) in [6, 6.07) is 0. The van der Waals surface area contributed by atoms with Crippen LogP contribution in [-0.4, -0.2) is 13.1 Å². The highest BCUT2D eigenvalue weighted by Gasteiger charge is 1.99. The second-order valence-corrected chi connectivity index (χ2v) is 2.73. The number of unbranched alkanes of at least 4 members (excludes halogenated alkanes) is 3. The van der Waals surface area contributed by atoms with Crippen molar-refractivity contribution in [3.05, 3.63) is 0 Å². The lowest BCUT2D eigenvalue weighted by Crippen LogP contribution is -2.06. The van der Waals surface area contributed by atoms with Gasteiger partial charge in [0.2, 0.25) is 0 Å². The minimum Gasteiger partial charge on any atom is -0.0654 e. The third-order valence-corrected chi connectivity index (χ3v) is 1.55. The van der Waals surface area contributed by atoms with Crippen LogP contribution < -0.4 is 5.32 Å². The van der Waals surface area contributed by atoms with Gasteiger partial charge < -0.3 is 0 Å². The maximum absolute atomic E-state index is 4.36. The molecule has 0 rings (SSSR count). The Morgan fingerprint density at radius 3 is 2.20 bits per heavy atom. The molecule has 0 amide bonds. The molecule has 0 heterocycles. The van der Waals surface area contributed by atoms with Gasteiger partial charge in [-0.3, -0.25) is 0 Å². The molecule has 0 unspecified atom stereocenters. The summed E-state index contributed by atoms with van der Waals surface area (Å²) in [7, 11) is 0. The molecule has 0 fully saturated rings. The quantitative estimate of drug-likeness (QED) is 0.485. The lowest BCUT2D eigenvalue weighted by Gasteiger charge is -1.89. The summed E-state index contributed by atoms with van der Waals surface area (Å²) in [6.45, 7) is 6.57. The van der Waals surface area contributed by atoms with Gasteiger partial charge in [-0.05, 0) is 6.42 Å². The highest BCUT2D eigenvalue weighted by atomic mass is 14.8. The monoisotopic (exact) mass is 142 g/mol. The molecule has 1 nitrogen and oxygen atoms in total. The molecule has 1 heteroatoms. The summed E-state index contributed by atoms with van der Waals surface area (Å²) in [5, 5.41) is 4.36. The van der Waals surface area contributed by atoms with Crippen LogP contribution in [0.25, 0.3) is 0 Å². The normalized spacial score (nSPS) is 10.2. The van der Waals surface area contributed by atoms with E-state index in [-0.39, 0.29) is 0 Å². The van der Waals surface area contributed by atoms with Crippen LogP contribution in [0.15, 0.2) is 0 Å². The molecule has 0 bridgehead atoms. The molecule has 60 valence electrons. The van der Waals surface area contributed by atoms with Gasteiger partial charge in [-0.15, -0.1) is 0 Å². The Labute approximate surface area is 65.2 Å². The van der Waals surface area contributed by atoms with Gasteiger partial charge in [0, 0.05) is 12.8 Å². The predicted molar refractivity (Wildman–Crippen MR) is 46.3 cm³/mol. The van der Waals surface area contributed by atoms with Crippen LogP contribution in [0.2, 0.25) is 0 Å². The SMILES string of the molecule is CCCCCC[N+]CCC. The second kappa shape index (κ2) is 8.96. The van der Waals surface area contributed by atoms with Crippen LogP contribution in [0.4, 0.5) is 0 Å². The van der Waals surface area contributed by atoms with Gasteiger partial charge in [-0.25, -0.2) is 0 Å². The summed E-state index contributed by atoms with van der Waals surface area (Å²) >= 11 is 0. The molecule has 0 atom stereocenters. The topological polar surface area (TPSA) is 14.1 Å². The van der Waals surface area contributed by atoms with E-state index in [4.69, 9.17) is 0 Å². The first-order valence-electron chi connectivity index (χ1n) is 4.55. The van der Waals surface area contributed by atoms with Crippen molar-refractivity contribution >= 4 is 0 Å². The van der Waals surface area contributed by atoms with Crippen LogP contribution in [0.3, 0.4) is 0 Å². The number of hydrogen-bond donors (Lipinski definition) is 0. The van der Waals surface area contributed by atoms with E-state index in [1.54, 1.807) is 0 Å². The molecule has 0 spiro atoms. The Bertz CT molecular complexity index is 44.7. The number of rotatable bonds is 7. The third-order valence-electron chi connectivity index (χ3n) is 1.55. The molecule has 2 radical (unpaired) electrons. The summed E-state index contributed by atoms with van der Waals surface area (Å²) < 4.78 is 0. The Morgan fingerprint density at radius 1 is 0.800 bits per heavy atom. The van der Waals surface area contributed by atoms with Crippen LogP contribution >= 0.6 is 0 Å². The van der Waals surface area contributed by atoms with E-state index in [0.717, 1.165) is 13.1 Å². The van der Waals surface area contributed by atoms with E-state index >= 15 is 0 Å². The van der Waals surface area contributed by atoms with Crippen LogP contribution in [0.1, 0.15) is 46.0 Å². The first-order valence-corrected chi connectivity index (χ1v) is 4.55. The van der Waals surface area contributed by atoms with Crippen molar-refractivity contribution in [3.8, 4) is 0 Å². The molecule has 0 saturated heterocycles. The molecule has 0 N–H and O–H groups in total. The lowest BCUT2D eigenvalue weighted by atomic mass is 10.2. The fourth-order valence-electron chi connectivity index (χ4n) is 0.920. The van der Waals surface area contributed by atoms with E-state index < -0.39 is 0 Å². The van der Waals surface area contributed by atoms with Gasteiger partial charge >= 0.3 is 0 Å². The zero-order chi connectivity index (χ0) is 7.66. The smallest absolute Gasteiger partial charge is 0.0654 e. The molecule has 0 aromatic heterocycles. The van der Waals surface area contributed by atoms with Crippen molar-refractivity contribution in [1.29, 1.82) is 0 Å². The zero-order valence-electron chi connectivity index (χ0n) is 7.40. The van der Waals surface area contributed by atoms with E-state index in [9.17, 15) is 0 Å². The average Bonchev–Trinajstić information content (AvgIpc) is 1.97. The summed E-state index contributed by atoms with van der Waals surface area (Å²) in [6.07, 6.45) is 6.57. The Kier molecular flexibility index (Phi) is 8.92. The minimum atomic E-state index is 1.06. The molecule has 0 aliphatic carbocycles. The Morgan fingerprint density at radius 2 is 1.60 bits per heavy atom. The summed E-state index contributed by atoms with van der Waals surface area (Å²) in [4.78, 5) is 0. The number of nitrogens with zero attached hydrogens (tertiary/aromatic N) is 1. The van der Waals surface area contributed by atoms with Crippen molar-refractivity contribution in [2.45, 2.75) is 46.0 Å². The van der Waals surface area contributed by atoms with Crippen molar-refractivity contribution in [1.82, 2.24) is 5.32 Å². The molecule has 0 saturated carbocycles. The Balaban J connectivity index is 2.65. The van der Waals surface area contributed by atoms with Gasteiger partial charge in [-0.2, -0.15) is 0 Å². The Hall–Kier alpha value is -0.0400. The van der Waals surface area contributed by atoms with E-state index in [1.807, 2.05) is 0 Å². The molecule has 0 aromatic rings. The fourth-order valence-corrected chi connectivity index (χ4v) is 0.920. The van der Waals surface area contributed by atoms with Crippen LogP contribution in [-0.2, 0) is 0 Å². The summed E-state index contributed by atoms with van der Waals surface area (Å²) in [5.41, 5.74) is 0. The zero-order valence-corrected chi connectivity index (χ0v) is 7.40. The fraction of sp³-hybridized carbons (Fsp3) is 1.00. The van der Waals surface area contributed by atoms with Gasteiger partial charge in [-0.1, -0.05) is 26.7 Å². The van der Waals surface area contributed by atoms with E-state index in [2.05, 4.69) is 19.2 Å². The summed E-state index contributed by atoms with van der Waals surface area (Å²) in [5.74, 6) is 0. The van der Waals surface area contributed by atoms with Crippen LogP contribution in [0, 0.1) is 0 Å². The van der Waals surface area contributed by atoms with Crippen LogP contribution in [0.5, 0.6) is 0 Å². The maximum atomic E-state index is 4.36. The van der Waals surface area contributed by atoms with E-state index in [1.165, 1.54) is 32.1 Å². The van der Waals surface area contributed by atoms with Crippen molar-refractivity contribution in [2.24, 2.45) is 0 Å². The second-order valence-electron chi connectivity index (χ2n) is 2.73. The van der Waals surface area contributed by atoms with Gasteiger partial charge in [0.25, 0.3) is 0 Å². The molecular formula is C9H20N+. The third kappa shape index (κ3) is 7.96. The first-order chi connectivity index (χ1) is 4.91. The molecular weight excluding hydrogens is 122 g/mol. The standard InChI is InChI=1S/C9H20N/c1-3-5-6-7-9-10-8-4-2/h3-9H2,1-2H3/q+1. The molecule has 0 aliphatic rings. The van der Waals surface area contributed by atoms with E-state index in [0.29, 0.717) is 0 Å². The molecule has 0 aliphatic heterocycles. The minimum absolute atomic E-state index is 1.06. The molecule has 0 aromatic carbocycles. The van der Waals surface area contributed by atoms with Crippen molar-refractivity contribution in [3.63, 3.8) is 0 Å². The predicted octanol–water partition coefficient (Wildman–Crippen LogP) is 2.58. The average molecular weight is 142 g/mol. The highest BCUT2D eigenvalue weighted by Crippen LogP contribution is 1.97.